The number of anilines is 1. The summed E-state index contributed by atoms with van der Waals surface area (Å²) in [6, 6.07) is 5.63. The Balaban J connectivity index is 3.02. The molecule has 1 amide bonds. The maximum Gasteiger partial charge on any atom is 0.256 e. The molecule has 0 radical (unpaired) electrons. The van der Waals surface area contributed by atoms with Crippen LogP contribution < -0.4 is 5.73 Å². The van der Waals surface area contributed by atoms with E-state index in [4.69, 9.17) is 10.5 Å². The Hall–Kier alpha value is -1.55. The summed E-state index contributed by atoms with van der Waals surface area (Å²) in [5.74, 6) is -0.0300. The number of carbonyl (C=O) groups is 1. The summed E-state index contributed by atoms with van der Waals surface area (Å²) in [7, 11) is 1.63. The van der Waals surface area contributed by atoms with Gasteiger partial charge in [-0.3, -0.25) is 4.79 Å². The average molecular weight is 250 g/mol. The predicted molar refractivity (Wildman–Crippen MR) is 73.6 cm³/mol. The number of amides is 1. The molecule has 1 rings (SSSR count). The van der Waals surface area contributed by atoms with Crippen molar-refractivity contribution >= 4 is 11.6 Å². The van der Waals surface area contributed by atoms with Gasteiger partial charge in [-0.25, -0.2) is 0 Å². The fraction of sp³-hybridized carbons (Fsp3) is 0.500. The van der Waals surface area contributed by atoms with Crippen LogP contribution in [0.2, 0.25) is 0 Å². The van der Waals surface area contributed by atoms with Crippen LogP contribution in [-0.2, 0) is 4.74 Å². The minimum absolute atomic E-state index is 0.0300. The minimum atomic E-state index is -0.0300. The molecule has 0 unspecified atom stereocenters. The van der Waals surface area contributed by atoms with E-state index in [1.807, 2.05) is 32.9 Å². The molecule has 4 nitrogen and oxygen atoms in total. The Morgan fingerprint density at radius 2 is 2.11 bits per heavy atom. The highest BCUT2D eigenvalue weighted by Crippen LogP contribution is 2.19. The van der Waals surface area contributed by atoms with Crippen LogP contribution in [0.25, 0.3) is 0 Å². The zero-order chi connectivity index (χ0) is 13.7. The smallest absolute Gasteiger partial charge is 0.256 e. The maximum absolute atomic E-state index is 12.5. The summed E-state index contributed by atoms with van der Waals surface area (Å²) in [6.45, 7) is 6.97. The van der Waals surface area contributed by atoms with E-state index in [9.17, 15) is 4.79 Å². The van der Waals surface area contributed by atoms with E-state index in [2.05, 4.69) is 0 Å². The topological polar surface area (TPSA) is 55.6 Å². The van der Waals surface area contributed by atoms with Crippen LogP contribution in [0.15, 0.2) is 18.2 Å². The molecule has 0 saturated heterocycles. The number of aryl methyl sites for hydroxylation is 1. The summed E-state index contributed by atoms with van der Waals surface area (Å²) in [4.78, 5) is 14.3. The van der Waals surface area contributed by atoms with Crippen molar-refractivity contribution in [3.8, 4) is 0 Å². The second-order valence-corrected chi connectivity index (χ2v) is 4.62. The molecule has 4 heteroatoms. The summed E-state index contributed by atoms with van der Waals surface area (Å²) in [5.41, 5.74) is 7.95. The number of nitrogen functional groups attached to an aromatic ring is 1. The van der Waals surface area contributed by atoms with Crippen LogP contribution in [0.3, 0.4) is 0 Å². The van der Waals surface area contributed by atoms with Gasteiger partial charge in [0.25, 0.3) is 5.91 Å². The zero-order valence-corrected chi connectivity index (χ0v) is 11.6. The van der Waals surface area contributed by atoms with E-state index in [1.165, 1.54) is 0 Å². The van der Waals surface area contributed by atoms with Gasteiger partial charge in [0.1, 0.15) is 0 Å². The Labute approximate surface area is 109 Å². The number of hydrogen-bond acceptors (Lipinski definition) is 3. The number of ether oxygens (including phenoxy) is 1. The first-order valence-electron chi connectivity index (χ1n) is 6.14. The first-order chi connectivity index (χ1) is 8.49. The van der Waals surface area contributed by atoms with E-state index >= 15 is 0 Å². The second-order valence-electron chi connectivity index (χ2n) is 4.62. The number of methoxy groups -OCH3 is 1. The van der Waals surface area contributed by atoms with Crippen molar-refractivity contribution in [3.05, 3.63) is 29.3 Å². The molecular weight excluding hydrogens is 228 g/mol. The molecule has 2 N–H and O–H groups in total. The lowest BCUT2D eigenvalue weighted by Gasteiger charge is -2.27. The fourth-order valence-electron chi connectivity index (χ4n) is 1.91. The standard InChI is InChI=1S/C14H22N2O2/c1-10(2)16(8-9-18-4)14(17)13-11(3)6-5-7-12(13)15/h5-7,10H,8-9,15H2,1-4H3. The number of benzene rings is 1. The number of nitrogens with zero attached hydrogens (tertiary/aromatic N) is 1. The van der Waals surface area contributed by atoms with Crippen LogP contribution in [-0.4, -0.2) is 37.1 Å². The van der Waals surface area contributed by atoms with Crippen LogP contribution in [0.4, 0.5) is 5.69 Å². The van der Waals surface area contributed by atoms with Gasteiger partial charge in [0.05, 0.1) is 12.2 Å². The summed E-state index contributed by atoms with van der Waals surface area (Å²) in [5, 5.41) is 0. The van der Waals surface area contributed by atoms with Crippen LogP contribution in [0, 0.1) is 6.92 Å². The lowest BCUT2D eigenvalue weighted by Crippen LogP contribution is -2.39. The fourth-order valence-corrected chi connectivity index (χ4v) is 1.91. The Morgan fingerprint density at radius 3 is 2.61 bits per heavy atom. The average Bonchev–Trinajstić information content (AvgIpc) is 2.28. The molecular formula is C14H22N2O2. The highest BCUT2D eigenvalue weighted by Gasteiger charge is 2.21. The SMILES string of the molecule is COCCN(C(=O)c1c(C)cccc1N)C(C)C. The van der Waals surface area contributed by atoms with Gasteiger partial charge in [0.15, 0.2) is 0 Å². The summed E-state index contributed by atoms with van der Waals surface area (Å²) < 4.78 is 5.04. The minimum Gasteiger partial charge on any atom is -0.398 e. The molecule has 0 aliphatic rings. The number of rotatable bonds is 5. The Morgan fingerprint density at radius 1 is 1.44 bits per heavy atom. The third-order valence-corrected chi connectivity index (χ3v) is 2.94. The molecule has 0 heterocycles. The first kappa shape index (κ1) is 14.5. The monoisotopic (exact) mass is 250 g/mol. The van der Waals surface area contributed by atoms with Crippen molar-refractivity contribution in [1.29, 1.82) is 0 Å². The molecule has 0 bridgehead atoms. The molecule has 0 saturated carbocycles. The largest absolute Gasteiger partial charge is 0.398 e. The van der Waals surface area contributed by atoms with Crippen LogP contribution >= 0.6 is 0 Å². The van der Waals surface area contributed by atoms with Gasteiger partial charge < -0.3 is 15.4 Å². The highest BCUT2D eigenvalue weighted by molar-refractivity contribution is 6.00. The molecule has 0 aliphatic heterocycles. The van der Waals surface area contributed by atoms with Crippen molar-refractivity contribution in [2.75, 3.05) is 26.0 Å². The summed E-state index contributed by atoms with van der Waals surface area (Å²) in [6.07, 6.45) is 0. The van der Waals surface area contributed by atoms with Gasteiger partial charge in [-0.2, -0.15) is 0 Å². The third kappa shape index (κ3) is 3.23. The lowest BCUT2D eigenvalue weighted by molar-refractivity contribution is 0.0635. The molecule has 1 aromatic rings. The van der Waals surface area contributed by atoms with Crippen molar-refractivity contribution in [2.45, 2.75) is 26.8 Å². The van der Waals surface area contributed by atoms with Gasteiger partial charge >= 0.3 is 0 Å². The van der Waals surface area contributed by atoms with Crippen molar-refractivity contribution in [1.82, 2.24) is 4.90 Å². The van der Waals surface area contributed by atoms with E-state index in [0.717, 1.165) is 5.56 Å². The first-order valence-corrected chi connectivity index (χ1v) is 6.14. The molecule has 0 fully saturated rings. The summed E-state index contributed by atoms with van der Waals surface area (Å²) >= 11 is 0. The van der Waals surface area contributed by atoms with Crippen LogP contribution in [0.5, 0.6) is 0 Å². The molecule has 0 atom stereocenters. The second kappa shape index (κ2) is 6.40. The quantitative estimate of drug-likeness (QED) is 0.814. The molecule has 0 aromatic heterocycles. The van der Waals surface area contributed by atoms with E-state index < -0.39 is 0 Å². The third-order valence-electron chi connectivity index (χ3n) is 2.94. The van der Waals surface area contributed by atoms with Crippen molar-refractivity contribution in [2.24, 2.45) is 0 Å². The number of nitrogens with two attached hydrogens (primary N) is 1. The maximum atomic E-state index is 12.5. The van der Waals surface area contributed by atoms with E-state index in [1.54, 1.807) is 18.1 Å². The van der Waals surface area contributed by atoms with Crippen molar-refractivity contribution < 1.29 is 9.53 Å². The van der Waals surface area contributed by atoms with Crippen molar-refractivity contribution in [3.63, 3.8) is 0 Å². The van der Waals surface area contributed by atoms with Gasteiger partial charge in [-0.05, 0) is 32.4 Å². The number of hydrogen-bond donors (Lipinski definition) is 1. The van der Waals surface area contributed by atoms with Crippen LogP contribution in [0.1, 0.15) is 29.8 Å². The Kier molecular flexibility index (Phi) is 5.16. The Bertz CT molecular complexity index is 396. The normalized spacial score (nSPS) is 10.7. The van der Waals surface area contributed by atoms with Gasteiger partial charge in [0.2, 0.25) is 0 Å². The number of carbonyl (C=O) groups excluding carboxylic acids is 1. The lowest BCUT2D eigenvalue weighted by atomic mass is 10.0. The molecule has 1 aromatic carbocycles. The van der Waals surface area contributed by atoms with Gasteiger partial charge in [-0.1, -0.05) is 12.1 Å². The van der Waals surface area contributed by atoms with Gasteiger partial charge in [0, 0.05) is 25.4 Å². The molecule has 18 heavy (non-hydrogen) atoms. The molecule has 100 valence electrons. The van der Waals surface area contributed by atoms with E-state index in [0.29, 0.717) is 24.4 Å². The zero-order valence-electron chi connectivity index (χ0n) is 11.6. The molecule has 0 aliphatic carbocycles. The van der Waals surface area contributed by atoms with E-state index in [-0.39, 0.29) is 11.9 Å². The predicted octanol–water partition coefficient (Wildman–Crippen LogP) is 2.07. The molecule has 0 spiro atoms. The highest BCUT2D eigenvalue weighted by atomic mass is 16.5. The van der Waals surface area contributed by atoms with Gasteiger partial charge in [-0.15, -0.1) is 0 Å².